The van der Waals surface area contributed by atoms with Crippen LogP contribution in [0.1, 0.15) is 52.1 Å². The smallest absolute Gasteiger partial charge is 0.404 e. The molecule has 1 aliphatic rings. The van der Waals surface area contributed by atoms with Crippen LogP contribution >= 0.6 is 0 Å². The molecule has 0 aliphatic carbocycles. The summed E-state index contributed by atoms with van der Waals surface area (Å²) in [5, 5.41) is 0. The van der Waals surface area contributed by atoms with E-state index in [1.165, 1.54) is 12.1 Å². The van der Waals surface area contributed by atoms with E-state index in [1.807, 2.05) is 27.7 Å². The Morgan fingerprint density at radius 2 is 2.07 bits per heavy atom. The molecule has 8 heteroatoms. The SMILES string of the molecule is CC(N[S+]([O-])C(C)(C)C)c1cc(F)ccc1N1CCC(COC(N)=O)CC1. The van der Waals surface area contributed by atoms with E-state index in [4.69, 9.17) is 10.5 Å². The number of hydrogen-bond donors (Lipinski definition) is 2. The fourth-order valence-electron chi connectivity index (χ4n) is 3.10. The minimum Gasteiger partial charge on any atom is -0.598 e. The molecular weight excluding hydrogens is 369 g/mol. The fourth-order valence-corrected chi connectivity index (χ4v) is 3.90. The molecule has 2 rings (SSSR count). The van der Waals surface area contributed by atoms with E-state index in [1.54, 1.807) is 6.07 Å². The average Bonchev–Trinajstić information content (AvgIpc) is 2.59. The zero-order chi connectivity index (χ0) is 20.2. The molecule has 1 saturated heterocycles. The van der Waals surface area contributed by atoms with Crippen LogP contribution in [0.2, 0.25) is 0 Å². The number of halogens is 1. The standard InChI is InChI=1S/C19H30FN3O3S/c1-13(22-27(25)19(2,3)4)16-11-15(20)5-6-17(16)23-9-7-14(8-10-23)12-26-18(21)24/h5-6,11,13-14,22H,7-10,12H2,1-4H3,(H2,21,24). The number of benzene rings is 1. The number of nitrogens with one attached hydrogen (secondary N) is 1. The van der Waals surface area contributed by atoms with Crippen molar-refractivity contribution in [2.24, 2.45) is 11.7 Å². The van der Waals surface area contributed by atoms with Gasteiger partial charge in [-0.3, -0.25) is 0 Å². The molecule has 1 fully saturated rings. The van der Waals surface area contributed by atoms with Gasteiger partial charge in [0.05, 0.1) is 12.6 Å². The number of nitrogens with two attached hydrogens (primary N) is 1. The van der Waals surface area contributed by atoms with Crippen LogP contribution in [0.3, 0.4) is 0 Å². The summed E-state index contributed by atoms with van der Waals surface area (Å²) in [6.45, 7) is 9.48. The third-order valence-electron chi connectivity index (χ3n) is 4.71. The molecule has 1 heterocycles. The van der Waals surface area contributed by atoms with Crippen molar-refractivity contribution in [3.8, 4) is 0 Å². The van der Waals surface area contributed by atoms with Crippen molar-refractivity contribution in [1.82, 2.24) is 4.72 Å². The molecule has 0 bridgehead atoms. The summed E-state index contributed by atoms with van der Waals surface area (Å²) in [7, 11) is 0. The second kappa shape index (κ2) is 9.12. The third kappa shape index (κ3) is 6.26. The Morgan fingerprint density at radius 3 is 2.63 bits per heavy atom. The number of amides is 1. The van der Waals surface area contributed by atoms with Gasteiger partial charge in [-0.1, -0.05) is 0 Å². The van der Waals surface area contributed by atoms with Crippen LogP contribution in [0.4, 0.5) is 14.9 Å². The van der Waals surface area contributed by atoms with Crippen LogP contribution in [0, 0.1) is 11.7 Å². The normalized spacial score (nSPS) is 18.2. The number of rotatable bonds is 6. The van der Waals surface area contributed by atoms with Crippen molar-refractivity contribution in [1.29, 1.82) is 0 Å². The second-order valence-corrected chi connectivity index (χ2v) is 9.98. The third-order valence-corrected chi connectivity index (χ3v) is 6.39. The fraction of sp³-hybridized carbons (Fsp3) is 0.632. The molecule has 0 spiro atoms. The van der Waals surface area contributed by atoms with Gasteiger partial charge >= 0.3 is 6.09 Å². The van der Waals surface area contributed by atoms with E-state index in [0.29, 0.717) is 6.61 Å². The summed E-state index contributed by atoms with van der Waals surface area (Å²) in [5.41, 5.74) is 6.76. The molecule has 1 amide bonds. The minimum atomic E-state index is -1.25. The lowest BCUT2D eigenvalue weighted by Crippen LogP contribution is -2.41. The molecular formula is C19H30FN3O3S. The predicted octanol–water partition coefficient (Wildman–Crippen LogP) is 3.25. The van der Waals surface area contributed by atoms with Gasteiger partial charge in [-0.25, -0.2) is 9.18 Å². The summed E-state index contributed by atoms with van der Waals surface area (Å²) >= 11 is -1.25. The first-order chi connectivity index (χ1) is 12.6. The van der Waals surface area contributed by atoms with Crippen LogP contribution < -0.4 is 15.4 Å². The number of piperidine rings is 1. The van der Waals surface area contributed by atoms with Crippen LogP contribution in [0.5, 0.6) is 0 Å². The highest BCUT2D eigenvalue weighted by Crippen LogP contribution is 2.32. The van der Waals surface area contributed by atoms with Crippen molar-refractivity contribution in [3.05, 3.63) is 29.6 Å². The highest BCUT2D eigenvalue weighted by molar-refractivity contribution is 7.90. The van der Waals surface area contributed by atoms with E-state index in [2.05, 4.69) is 9.62 Å². The first-order valence-electron chi connectivity index (χ1n) is 9.22. The predicted molar refractivity (Wildman–Crippen MR) is 106 cm³/mol. The molecule has 0 saturated carbocycles. The van der Waals surface area contributed by atoms with Crippen molar-refractivity contribution < 1.29 is 18.5 Å². The van der Waals surface area contributed by atoms with Gasteiger partial charge in [0.25, 0.3) is 0 Å². The Bertz CT molecular complexity index is 646. The number of carbonyl (C=O) groups is 1. The molecule has 2 unspecified atom stereocenters. The quantitative estimate of drug-likeness (QED) is 0.717. The first-order valence-corrected chi connectivity index (χ1v) is 10.4. The van der Waals surface area contributed by atoms with Crippen LogP contribution in [0.15, 0.2) is 18.2 Å². The van der Waals surface area contributed by atoms with E-state index in [9.17, 15) is 13.7 Å². The average molecular weight is 400 g/mol. The van der Waals surface area contributed by atoms with Crippen LogP contribution in [0.25, 0.3) is 0 Å². The van der Waals surface area contributed by atoms with E-state index in [0.717, 1.165) is 37.2 Å². The van der Waals surface area contributed by atoms with Crippen molar-refractivity contribution in [2.75, 3.05) is 24.6 Å². The number of ether oxygens (including phenoxy) is 1. The van der Waals surface area contributed by atoms with Crippen LogP contribution in [-0.4, -0.2) is 35.1 Å². The lowest BCUT2D eigenvalue weighted by Gasteiger charge is -2.35. The molecule has 1 aromatic rings. The zero-order valence-corrected chi connectivity index (χ0v) is 17.3. The van der Waals surface area contributed by atoms with Gasteiger partial charge in [0.15, 0.2) is 0 Å². The van der Waals surface area contributed by atoms with E-state index in [-0.39, 0.29) is 17.8 Å². The molecule has 0 aromatic heterocycles. The Hall–Kier alpha value is -1.51. The number of hydrogen-bond acceptors (Lipinski definition) is 5. The number of primary amides is 1. The number of nitrogens with zero attached hydrogens (tertiary/aromatic N) is 1. The lowest BCUT2D eigenvalue weighted by molar-refractivity contribution is 0.129. The Morgan fingerprint density at radius 1 is 1.44 bits per heavy atom. The molecule has 152 valence electrons. The summed E-state index contributed by atoms with van der Waals surface area (Å²) < 4.78 is 33.9. The van der Waals surface area contributed by atoms with Gasteiger partial charge < -0.3 is 19.9 Å². The van der Waals surface area contributed by atoms with Gasteiger partial charge in [0.1, 0.15) is 10.6 Å². The molecule has 1 aromatic carbocycles. The second-order valence-electron chi connectivity index (χ2n) is 7.98. The topological polar surface area (TPSA) is 90.7 Å². The van der Waals surface area contributed by atoms with Gasteiger partial charge in [0.2, 0.25) is 0 Å². The summed E-state index contributed by atoms with van der Waals surface area (Å²) in [4.78, 5) is 13.0. The lowest BCUT2D eigenvalue weighted by atomic mass is 9.96. The molecule has 6 nitrogen and oxygen atoms in total. The Kier molecular flexibility index (Phi) is 7.36. The number of carbonyl (C=O) groups excluding carboxylic acids is 1. The zero-order valence-electron chi connectivity index (χ0n) is 16.5. The Labute approximate surface area is 163 Å². The minimum absolute atomic E-state index is 0.258. The maximum absolute atomic E-state index is 13.9. The van der Waals surface area contributed by atoms with Gasteiger partial charge in [-0.05, 0) is 70.2 Å². The van der Waals surface area contributed by atoms with E-state index < -0.39 is 22.2 Å². The Balaban J connectivity index is 2.09. The van der Waals surface area contributed by atoms with Crippen molar-refractivity contribution in [2.45, 2.75) is 51.3 Å². The van der Waals surface area contributed by atoms with Crippen LogP contribution in [-0.2, 0) is 16.1 Å². The maximum Gasteiger partial charge on any atom is 0.404 e. The molecule has 2 atom stereocenters. The highest BCUT2D eigenvalue weighted by Gasteiger charge is 2.30. The highest BCUT2D eigenvalue weighted by atomic mass is 32.2. The maximum atomic E-state index is 13.9. The molecule has 27 heavy (non-hydrogen) atoms. The molecule has 0 radical (unpaired) electrons. The number of anilines is 1. The molecule has 3 N–H and O–H groups in total. The molecule has 1 aliphatic heterocycles. The van der Waals surface area contributed by atoms with Crippen molar-refractivity contribution >= 4 is 23.1 Å². The summed E-state index contributed by atoms with van der Waals surface area (Å²) in [6, 6.07) is 4.49. The largest absolute Gasteiger partial charge is 0.598 e. The van der Waals surface area contributed by atoms with Gasteiger partial charge in [-0.15, -0.1) is 4.72 Å². The van der Waals surface area contributed by atoms with Crippen molar-refractivity contribution in [3.63, 3.8) is 0 Å². The summed E-state index contributed by atoms with van der Waals surface area (Å²) in [6.07, 6.45) is 0.977. The van der Waals surface area contributed by atoms with Gasteiger partial charge in [0, 0.05) is 30.1 Å². The first kappa shape index (κ1) is 21.8. The monoisotopic (exact) mass is 399 g/mol. The van der Waals surface area contributed by atoms with E-state index >= 15 is 0 Å². The summed E-state index contributed by atoms with van der Waals surface area (Å²) in [5.74, 6) is -0.0322. The van der Waals surface area contributed by atoms with Gasteiger partial charge in [-0.2, -0.15) is 0 Å².